The predicted molar refractivity (Wildman–Crippen MR) is 80.7 cm³/mol. The van der Waals surface area contributed by atoms with Crippen molar-refractivity contribution in [3.05, 3.63) is 0 Å². The van der Waals surface area contributed by atoms with Crippen molar-refractivity contribution in [2.24, 2.45) is 17.6 Å². The number of nitrogens with zero attached hydrogens (tertiary/aromatic N) is 1. The average Bonchev–Trinajstić information content (AvgIpc) is 2.31. The van der Waals surface area contributed by atoms with Gasteiger partial charge in [0.05, 0.1) is 0 Å². The van der Waals surface area contributed by atoms with Gasteiger partial charge in [-0.05, 0) is 70.9 Å². The molecule has 2 N–H and O–H groups in total. The Morgan fingerprint density at radius 3 is 2.22 bits per heavy atom. The first-order chi connectivity index (χ1) is 8.56. The van der Waals surface area contributed by atoms with Crippen LogP contribution in [0.3, 0.4) is 0 Å². The maximum Gasteiger partial charge on any atom is 0.00697 e. The van der Waals surface area contributed by atoms with Gasteiger partial charge in [0.2, 0.25) is 0 Å². The van der Waals surface area contributed by atoms with E-state index >= 15 is 0 Å². The molecule has 1 unspecified atom stereocenters. The van der Waals surface area contributed by atoms with Gasteiger partial charge in [-0.15, -0.1) is 0 Å². The summed E-state index contributed by atoms with van der Waals surface area (Å²) >= 11 is 0. The molecule has 0 aromatic carbocycles. The second-order valence-electron chi connectivity index (χ2n) is 6.59. The fourth-order valence-corrected chi connectivity index (χ4v) is 3.48. The van der Waals surface area contributed by atoms with Crippen LogP contribution in [0.5, 0.6) is 0 Å². The summed E-state index contributed by atoms with van der Waals surface area (Å²) in [4.78, 5) is 2.73. The molecule has 2 nitrogen and oxygen atoms in total. The van der Waals surface area contributed by atoms with Crippen molar-refractivity contribution in [2.75, 3.05) is 13.1 Å². The first kappa shape index (κ1) is 16.0. The van der Waals surface area contributed by atoms with Gasteiger partial charge in [-0.3, -0.25) is 4.90 Å². The van der Waals surface area contributed by atoms with E-state index in [1.165, 1.54) is 45.1 Å². The van der Waals surface area contributed by atoms with Crippen LogP contribution in [0.15, 0.2) is 0 Å². The third-order valence-corrected chi connectivity index (χ3v) is 4.85. The van der Waals surface area contributed by atoms with Crippen LogP contribution in [0.4, 0.5) is 0 Å². The lowest BCUT2D eigenvalue weighted by molar-refractivity contribution is 0.0982. The van der Waals surface area contributed by atoms with Crippen LogP contribution in [-0.2, 0) is 0 Å². The van der Waals surface area contributed by atoms with Crippen molar-refractivity contribution >= 4 is 0 Å². The zero-order chi connectivity index (χ0) is 13.5. The van der Waals surface area contributed by atoms with E-state index in [0.717, 1.165) is 30.5 Å². The van der Waals surface area contributed by atoms with Crippen LogP contribution >= 0.6 is 0 Å². The Kier molecular flexibility index (Phi) is 7.25. The first-order valence-corrected chi connectivity index (χ1v) is 8.02. The molecule has 0 amide bonds. The molecule has 0 aromatic rings. The van der Waals surface area contributed by atoms with E-state index in [1.54, 1.807) is 0 Å². The minimum absolute atomic E-state index is 0.782. The van der Waals surface area contributed by atoms with Crippen molar-refractivity contribution in [1.29, 1.82) is 0 Å². The average molecular weight is 254 g/mol. The van der Waals surface area contributed by atoms with E-state index in [9.17, 15) is 0 Å². The third-order valence-electron chi connectivity index (χ3n) is 4.85. The lowest BCUT2D eigenvalue weighted by atomic mass is 9.88. The summed E-state index contributed by atoms with van der Waals surface area (Å²) in [6.07, 6.45) is 8.09. The van der Waals surface area contributed by atoms with E-state index < -0.39 is 0 Å². The van der Waals surface area contributed by atoms with Gasteiger partial charge in [0.15, 0.2) is 0 Å². The van der Waals surface area contributed by atoms with Crippen LogP contribution in [0.25, 0.3) is 0 Å². The molecular formula is C16H34N2. The Bertz CT molecular complexity index is 205. The van der Waals surface area contributed by atoms with Gasteiger partial charge >= 0.3 is 0 Å². The Balaban J connectivity index is 2.30. The third kappa shape index (κ3) is 4.89. The minimum atomic E-state index is 0.782. The van der Waals surface area contributed by atoms with Crippen LogP contribution in [0.2, 0.25) is 0 Å². The molecule has 0 saturated carbocycles. The second kappa shape index (κ2) is 8.16. The van der Waals surface area contributed by atoms with Gasteiger partial charge in [-0.25, -0.2) is 0 Å². The highest BCUT2D eigenvalue weighted by Crippen LogP contribution is 2.25. The van der Waals surface area contributed by atoms with E-state index in [2.05, 4.69) is 32.6 Å². The molecule has 0 aromatic heterocycles. The van der Waals surface area contributed by atoms with Crippen molar-refractivity contribution in [3.63, 3.8) is 0 Å². The SMILES string of the molecule is CC(C)C(CCN)CCCN1[C@H](C)CCC[C@@H]1C. The number of piperidine rings is 1. The van der Waals surface area contributed by atoms with Gasteiger partial charge in [0.1, 0.15) is 0 Å². The quantitative estimate of drug-likeness (QED) is 0.751. The zero-order valence-corrected chi connectivity index (χ0v) is 13.0. The van der Waals surface area contributed by atoms with Crippen LogP contribution < -0.4 is 5.73 Å². The van der Waals surface area contributed by atoms with Gasteiger partial charge in [0, 0.05) is 12.1 Å². The monoisotopic (exact) mass is 254 g/mol. The van der Waals surface area contributed by atoms with Gasteiger partial charge < -0.3 is 5.73 Å². The summed E-state index contributed by atoms with van der Waals surface area (Å²) in [5.41, 5.74) is 5.72. The molecule has 1 heterocycles. The minimum Gasteiger partial charge on any atom is -0.330 e. The number of hydrogen-bond acceptors (Lipinski definition) is 2. The summed E-state index contributed by atoms with van der Waals surface area (Å²) in [6.45, 7) is 11.6. The largest absolute Gasteiger partial charge is 0.330 e. The molecule has 108 valence electrons. The van der Waals surface area contributed by atoms with E-state index in [4.69, 9.17) is 5.73 Å². The fraction of sp³-hybridized carbons (Fsp3) is 1.00. The molecule has 1 fully saturated rings. The van der Waals surface area contributed by atoms with Crippen LogP contribution in [-0.4, -0.2) is 30.1 Å². The van der Waals surface area contributed by atoms with Crippen molar-refractivity contribution in [2.45, 2.75) is 78.3 Å². The number of nitrogens with two attached hydrogens (primary N) is 1. The molecular weight excluding hydrogens is 220 g/mol. The highest BCUT2D eigenvalue weighted by Gasteiger charge is 2.24. The predicted octanol–water partition coefficient (Wildman–Crippen LogP) is 3.65. The highest BCUT2D eigenvalue weighted by atomic mass is 15.2. The summed E-state index contributed by atoms with van der Waals surface area (Å²) < 4.78 is 0. The topological polar surface area (TPSA) is 29.3 Å². The van der Waals surface area contributed by atoms with Crippen LogP contribution in [0, 0.1) is 11.8 Å². The first-order valence-electron chi connectivity index (χ1n) is 8.02. The smallest absolute Gasteiger partial charge is 0.00697 e. The van der Waals surface area contributed by atoms with E-state index in [0.29, 0.717) is 0 Å². The maximum atomic E-state index is 5.72. The molecule has 1 aliphatic heterocycles. The van der Waals surface area contributed by atoms with Gasteiger partial charge in [-0.2, -0.15) is 0 Å². The molecule has 0 radical (unpaired) electrons. The molecule has 1 rings (SSSR count). The molecule has 1 saturated heterocycles. The molecule has 18 heavy (non-hydrogen) atoms. The summed E-state index contributed by atoms with van der Waals surface area (Å²) in [5, 5.41) is 0. The fourth-order valence-electron chi connectivity index (χ4n) is 3.48. The van der Waals surface area contributed by atoms with E-state index in [1.807, 2.05) is 0 Å². The molecule has 0 aliphatic carbocycles. The standard InChI is InChI=1S/C16H34N2/c1-13(2)16(10-11-17)9-6-12-18-14(3)7-5-8-15(18)4/h13-16H,5-12,17H2,1-4H3/t14-,15+,16?. The Morgan fingerprint density at radius 2 is 1.72 bits per heavy atom. The number of likely N-dealkylation sites (tertiary alicyclic amines) is 1. The summed E-state index contributed by atoms with van der Waals surface area (Å²) in [6, 6.07) is 1.58. The lowest BCUT2D eigenvalue weighted by Gasteiger charge is -2.39. The highest BCUT2D eigenvalue weighted by molar-refractivity contribution is 4.79. The lowest BCUT2D eigenvalue weighted by Crippen LogP contribution is -2.44. The number of rotatable bonds is 7. The van der Waals surface area contributed by atoms with Gasteiger partial charge in [0.25, 0.3) is 0 Å². The van der Waals surface area contributed by atoms with E-state index in [-0.39, 0.29) is 0 Å². The Hall–Kier alpha value is -0.0800. The normalized spacial score (nSPS) is 27.7. The molecule has 0 spiro atoms. The van der Waals surface area contributed by atoms with Crippen molar-refractivity contribution < 1.29 is 0 Å². The Labute approximate surface area is 114 Å². The van der Waals surface area contributed by atoms with Gasteiger partial charge in [-0.1, -0.05) is 20.3 Å². The van der Waals surface area contributed by atoms with Crippen molar-refractivity contribution in [1.82, 2.24) is 4.90 Å². The molecule has 2 heteroatoms. The Morgan fingerprint density at radius 1 is 1.11 bits per heavy atom. The maximum absolute atomic E-state index is 5.72. The van der Waals surface area contributed by atoms with Crippen molar-refractivity contribution in [3.8, 4) is 0 Å². The molecule has 1 aliphatic rings. The summed E-state index contributed by atoms with van der Waals surface area (Å²) in [5.74, 6) is 1.61. The summed E-state index contributed by atoms with van der Waals surface area (Å²) in [7, 11) is 0. The zero-order valence-electron chi connectivity index (χ0n) is 13.0. The second-order valence-corrected chi connectivity index (χ2v) is 6.59. The molecule has 3 atom stereocenters. The molecule has 0 bridgehead atoms. The number of hydrogen-bond donors (Lipinski definition) is 1. The van der Waals surface area contributed by atoms with Crippen LogP contribution in [0.1, 0.15) is 66.2 Å².